The molecule has 120 valence electrons. The van der Waals surface area contributed by atoms with Crippen molar-refractivity contribution >= 4 is 15.9 Å². The molecule has 0 aliphatic rings. The van der Waals surface area contributed by atoms with Crippen molar-refractivity contribution in [3.63, 3.8) is 0 Å². The molecule has 1 aromatic carbocycles. The van der Waals surface area contributed by atoms with Gasteiger partial charge in [-0.15, -0.1) is 13.2 Å². The Hall–Kier alpha value is -0.790. The Morgan fingerprint density at radius 3 is 2.38 bits per heavy atom. The highest BCUT2D eigenvalue weighted by Crippen LogP contribution is 2.29. The molecule has 0 spiro atoms. The Labute approximate surface area is 130 Å². The van der Waals surface area contributed by atoms with Gasteiger partial charge in [0, 0.05) is 17.6 Å². The second-order valence-electron chi connectivity index (χ2n) is 5.47. The molecule has 3 nitrogen and oxygen atoms in total. The number of halogens is 4. The summed E-state index contributed by atoms with van der Waals surface area (Å²) < 4.78 is 45.5. The van der Waals surface area contributed by atoms with E-state index in [2.05, 4.69) is 26.0 Å². The van der Waals surface area contributed by atoms with Crippen molar-refractivity contribution < 1.29 is 22.6 Å². The number of hydrogen-bond donors (Lipinski definition) is 1. The lowest BCUT2D eigenvalue weighted by molar-refractivity contribution is -0.325. The number of nitrogens with one attached hydrogen (secondary N) is 1. The van der Waals surface area contributed by atoms with Gasteiger partial charge in [-0.3, -0.25) is 4.74 Å². The molecule has 21 heavy (non-hydrogen) atoms. The first-order chi connectivity index (χ1) is 9.58. The first-order valence-corrected chi connectivity index (χ1v) is 7.24. The van der Waals surface area contributed by atoms with Crippen molar-refractivity contribution in [2.75, 3.05) is 13.2 Å². The molecule has 0 atom stereocenters. The van der Waals surface area contributed by atoms with Crippen LogP contribution in [0.1, 0.15) is 26.3 Å². The molecule has 0 amide bonds. The van der Waals surface area contributed by atoms with E-state index in [9.17, 15) is 13.2 Å². The highest BCUT2D eigenvalue weighted by Gasteiger charge is 2.28. The fourth-order valence-corrected chi connectivity index (χ4v) is 2.04. The highest BCUT2D eigenvalue weighted by atomic mass is 79.9. The van der Waals surface area contributed by atoms with Crippen LogP contribution in [0.25, 0.3) is 0 Å². The molecular weight excluding hydrogens is 351 g/mol. The number of alkyl halides is 3. The zero-order valence-electron chi connectivity index (χ0n) is 12.2. The summed E-state index contributed by atoms with van der Waals surface area (Å²) in [7, 11) is 0. The zero-order chi connectivity index (χ0) is 16.1. The third-order valence-corrected chi connectivity index (χ3v) is 3.08. The molecule has 0 aliphatic heterocycles. The molecule has 1 N–H and O–H groups in total. The van der Waals surface area contributed by atoms with Crippen LogP contribution >= 0.6 is 15.9 Å². The van der Waals surface area contributed by atoms with Crippen LogP contribution in [0.4, 0.5) is 13.2 Å². The molecular formula is C14H19BrF3NO2. The first-order valence-electron chi connectivity index (χ1n) is 6.44. The molecule has 0 aliphatic carbocycles. The summed E-state index contributed by atoms with van der Waals surface area (Å²) in [5.74, 6) is 0.528. The molecule has 0 bridgehead atoms. The lowest BCUT2D eigenvalue weighted by atomic mass is 10.1. The van der Waals surface area contributed by atoms with Crippen LogP contribution in [0.2, 0.25) is 0 Å². The monoisotopic (exact) mass is 369 g/mol. The number of para-hydroxylation sites is 1. The van der Waals surface area contributed by atoms with Crippen LogP contribution in [0.15, 0.2) is 22.7 Å². The number of rotatable bonds is 6. The van der Waals surface area contributed by atoms with Gasteiger partial charge >= 0.3 is 6.36 Å². The summed E-state index contributed by atoms with van der Waals surface area (Å²) in [6, 6.07) is 5.49. The van der Waals surface area contributed by atoms with E-state index in [1.165, 1.54) is 0 Å². The maximum absolute atomic E-state index is 11.9. The predicted octanol–water partition coefficient (Wildman–Crippen LogP) is 4.25. The van der Waals surface area contributed by atoms with E-state index in [1.807, 2.05) is 32.9 Å². The van der Waals surface area contributed by atoms with Gasteiger partial charge in [-0.25, -0.2) is 0 Å². The molecule has 7 heteroatoms. The van der Waals surface area contributed by atoms with Gasteiger partial charge in [-0.2, -0.15) is 0 Å². The van der Waals surface area contributed by atoms with Gasteiger partial charge in [0.15, 0.2) is 0 Å². The van der Waals surface area contributed by atoms with Crippen LogP contribution in [-0.4, -0.2) is 25.1 Å². The number of benzene rings is 1. The predicted molar refractivity (Wildman–Crippen MR) is 78.2 cm³/mol. The summed E-state index contributed by atoms with van der Waals surface area (Å²) in [5, 5.41) is 3.31. The Morgan fingerprint density at radius 1 is 1.14 bits per heavy atom. The van der Waals surface area contributed by atoms with Gasteiger partial charge in [0.05, 0.1) is 11.1 Å². The van der Waals surface area contributed by atoms with Gasteiger partial charge < -0.3 is 10.1 Å². The smallest absolute Gasteiger partial charge is 0.490 e. The molecule has 0 saturated heterocycles. The maximum atomic E-state index is 11.9. The topological polar surface area (TPSA) is 30.5 Å². The van der Waals surface area contributed by atoms with Crippen molar-refractivity contribution in [2.45, 2.75) is 39.2 Å². The molecule has 0 heterocycles. The average molecular weight is 370 g/mol. The highest BCUT2D eigenvalue weighted by molar-refractivity contribution is 9.10. The summed E-state index contributed by atoms with van der Waals surface area (Å²) in [6.45, 7) is 5.92. The second kappa shape index (κ2) is 7.47. The van der Waals surface area contributed by atoms with E-state index in [4.69, 9.17) is 4.74 Å². The van der Waals surface area contributed by atoms with Crippen LogP contribution in [0, 0.1) is 0 Å². The Kier molecular flexibility index (Phi) is 6.49. The maximum Gasteiger partial charge on any atom is 0.522 e. The minimum absolute atomic E-state index is 0.0705. The van der Waals surface area contributed by atoms with E-state index < -0.39 is 13.0 Å². The lowest BCUT2D eigenvalue weighted by Gasteiger charge is -2.22. The third-order valence-electron chi connectivity index (χ3n) is 2.45. The van der Waals surface area contributed by atoms with E-state index >= 15 is 0 Å². The van der Waals surface area contributed by atoms with Gasteiger partial charge in [0.25, 0.3) is 0 Å². The van der Waals surface area contributed by atoms with E-state index in [1.54, 1.807) is 6.07 Å². The lowest BCUT2D eigenvalue weighted by Crippen LogP contribution is -2.35. The third kappa shape index (κ3) is 7.68. The molecule has 0 saturated carbocycles. The Morgan fingerprint density at radius 2 is 1.81 bits per heavy atom. The summed E-state index contributed by atoms with van der Waals surface area (Å²) in [5.41, 5.74) is 0.796. The van der Waals surface area contributed by atoms with Crippen LogP contribution in [0.3, 0.4) is 0 Å². The second-order valence-corrected chi connectivity index (χ2v) is 6.33. The molecule has 0 unspecified atom stereocenters. The van der Waals surface area contributed by atoms with Crippen molar-refractivity contribution in [1.82, 2.24) is 5.32 Å². The molecule has 1 aromatic rings. The largest absolute Gasteiger partial charge is 0.522 e. The Bertz CT molecular complexity index is 459. The van der Waals surface area contributed by atoms with Crippen LogP contribution in [-0.2, 0) is 11.3 Å². The van der Waals surface area contributed by atoms with E-state index in [-0.39, 0.29) is 12.1 Å². The van der Waals surface area contributed by atoms with Crippen molar-refractivity contribution in [3.8, 4) is 5.75 Å². The first kappa shape index (κ1) is 18.3. The Balaban J connectivity index is 2.63. The van der Waals surface area contributed by atoms with Gasteiger partial charge in [0.1, 0.15) is 12.4 Å². The van der Waals surface area contributed by atoms with Crippen molar-refractivity contribution in [1.29, 1.82) is 0 Å². The quantitative estimate of drug-likeness (QED) is 0.760. The minimum atomic E-state index is -4.63. The van der Waals surface area contributed by atoms with Gasteiger partial charge in [-0.1, -0.05) is 12.1 Å². The van der Waals surface area contributed by atoms with Crippen LogP contribution in [0.5, 0.6) is 5.75 Å². The van der Waals surface area contributed by atoms with E-state index in [0.717, 1.165) is 5.56 Å². The standard InChI is InChI=1S/C14H19BrF3NO2/c1-13(2,3)19-9-10-5-4-6-11(15)12(10)20-7-8-21-14(16,17)18/h4-6,19H,7-9H2,1-3H3. The fourth-order valence-electron chi connectivity index (χ4n) is 1.52. The zero-order valence-corrected chi connectivity index (χ0v) is 13.8. The minimum Gasteiger partial charge on any atom is -0.490 e. The van der Waals surface area contributed by atoms with Crippen molar-refractivity contribution in [2.24, 2.45) is 0 Å². The number of ether oxygens (including phenoxy) is 2. The van der Waals surface area contributed by atoms with Gasteiger partial charge in [0.2, 0.25) is 0 Å². The van der Waals surface area contributed by atoms with Gasteiger partial charge in [-0.05, 0) is 42.8 Å². The summed E-state index contributed by atoms with van der Waals surface area (Å²) >= 11 is 3.34. The SMILES string of the molecule is CC(C)(C)NCc1cccc(Br)c1OCCOC(F)(F)F. The summed E-state index contributed by atoms with van der Waals surface area (Å²) in [4.78, 5) is 0. The summed E-state index contributed by atoms with van der Waals surface area (Å²) in [6.07, 6.45) is -4.63. The molecule has 0 fully saturated rings. The molecule has 0 radical (unpaired) electrons. The normalized spacial score (nSPS) is 12.5. The van der Waals surface area contributed by atoms with Crippen molar-refractivity contribution in [3.05, 3.63) is 28.2 Å². The average Bonchev–Trinajstić information content (AvgIpc) is 2.31. The fraction of sp³-hybridized carbons (Fsp3) is 0.571. The van der Waals surface area contributed by atoms with Crippen LogP contribution < -0.4 is 10.1 Å². The molecule has 1 rings (SSSR count). The van der Waals surface area contributed by atoms with E-state index in [0.29, 0.717) is 16.8 Å². The number of hydrogen-bond acceptors (Lipinski definition) is 3. The molecule has 0 aromatic heterocycles.